The third-order valence-electron chi connectivity index (χ3n) is 3.95. The molecule has 6 nitrogen and oxygen atoms in total. The van der Waals surface area contributed by atoms with E-state index in [0.29, 0.717) is 24.4 Å². The Labute approximate surface area is 168 Å². The van der Waals surface area contributed by atoms with Gasteiger partial charge in [0.1, 0.15) is 4.21 Å². The third kappa shape index (κ3) is 5.19. The van der Waals surface area contributed by atoms with Gasteiger partial charge in [0.25, 0.3) is 15.9 Å². The van der Waals surface area contributed by atoms with Gasteiger partial charge in [0, 0.05) is 24.9 Å². The molecule has 0 bridgehead atoms. The average Bonchev–Trinajstić information content (AvgIpc) is 3.24. The van der Waals surface area contributed by atoms with Crippen LogP contribution in [0.1, 0.15) is 21.5 Å². The predicted molar refractivity (Wildman–Crippen MR) is 110 cm³/mol. The van der Waals surface area contributed by atoms with Crippen molar-refractivity contribution in [1.29, 1.82) is 0 Å². The smallest absolute Gasteiger partial charge is 0.271 e. The van der Waals surface area contributed by atoms with Crippen LogP contribution in [0, 0.1) is 0 Å². The van der Waals surface area contributed by atoms with Crippen LogP contribution < -0.4 is 10.0 Å². The van der Waals surface area contributed by atoms with Crippen molar-refractivity contribution in [2.45, 2.75) is 17.4 Å². The number of anilines is 1. The van der Waals surface area contributed by atoms with E-state index in [2.05, 4.69) is 10.0 Å². The minimum atomic E-state index is -3.60. The minimum Gasteiger partial charge on any atom is -0.380 e. The highest BCUT2D eigenvalue weighted by atomic mass is 32.2. The minimum absolute atomic E-state index is 0.228. The van der Waals surface area contributed by atoms with Crippen LogP contribution in [0.25, 0.3) is 0 Å². The largest absolute Gasteiger partial charge is 0.380 e. The van der Waals surface area contributed by atoms with Crippen LogP contribution in [0.2, 0.25) is 0 Å². The van der Waals surface area contributed by atoms with E-state index in [9.17, 15) is 13.2 Å². The zero-order valence-corrected chi connectivity index (χ0v) is 16.8. The molecule has 3 rings (SSSR count). The van der Waals surface area contributed by atoms with E-state index in [1.165, 1.54) is 6.07 Å². The molecule has 1 heterocycles. The maximum absolute atomic E-state index is 12.3. The molecule has 2 N–H and O–H groups in total. The van der Waals surface area contributed by atoms with Crippen molar-refractivity contribution < 1.29 is 17.9 Å². The fraction of sp³-hybridized carbons (Fsp3) is 0.150. The summed E-state index contributed by atoms with van der Waals surface area (Å²) in [5, 5.41) is 4.55. The molecule has 0 saturated carbocycles. The molecule has 1 aromatic heterocycles. The Morgan fingerprint density at radius 3 is 2.29 bits per heavy atom. The number of nitrogens with one attached hydrogen (secondary N) is 2. The van der Waals surface area contributed by atoms with Crippen LogP contribution in [0.5, 0.6) is 0 Å². The van der Waals surface area contributed by atoms with Crippen LogP contribution in [0.15, 0.2) is 70.3 Å². The van der Waals surface area contributed by atoms with Gasteiger partial charge in [-0.25, -0.2) is 8.42 Å². The Kier molecular flexibility index (Phi) is 6.45. The fourth-order valence-electron chi connectivity index (χ4n) is 2.52. The Balaban J connectivity index is 1.57. The SMILES string of the molecule is COCc1ccc(CNC(=O)c2ccc(NS(=O)(=O)c3cccs3)cc2)cc1. The standard InChI is InChI=1S/C20H20N2O4S2/c1-26-14-16-6-4-15(5-7-16)13-21-20(23)17-8-10-18(11-9-17)22-28(24,25)19-3-2-12-27-19/h2-12,22H,13-14H2,1H3,(H,21,23). The van der Waals surface area contributed by atoms with Gasteiger partial charge in [-0.1, -0.05) is 30.3 Å². The Bertz CT molecular complexity index is 1010. The first-order valence-corrected chi connectivity index (χ1v) is 10.9. The summed E-state index contributed by atoms with van der Waals surface area (Å²) in [6.45, 7) is 0.952. The molecule has 0 unspecified atom stereocenters. The van der Waals surface area contributed by atoms with E-state index < -0.39 is 10.0 Å². The molecule has 3 aromatic rings. The molecule has 0 atom stereocenters. The number of benzene rings is 2. The van der Waals surface area contributed by atoms with Crippen LogP contribution in [-0.2, 0) is 27.9 Å². The van der Waals surface area contributed by atoms with Gasteiger partial charge in [-0.15, -0.1) is 11.3 Å². The normalized spacial score (nSPS) is 11.2. The monoisotopic (exact) mass is 416 g/mol. The lowest BCUT2D eigenvalue weighted by atomic mass is 10.1. The first-order valence-electron chi connectivity index (χ1n) is 8.49. The molecule has 1 amide bonds. The van der Waals surface area contributed by atoms with Crippen molar-refractivity contribution in [3.63, 3.8) is 0 Å². The van der Waals surface area contributed by atoms with Crippen molar-refractivity contribution in [2.24, 2.45) is 0 Å². The highest BCUT2D eigenvalue weighted by molar-refractivity contribution is 7.94. The van der Waals surface area contributed by atoms with Crippen molar-refractivity contribution in [3.8, 4) is 0 Å². The first kappa shape index (κ1) is 20.1. The van der Waals surface area contributed by atoms with Gasteiger partial charge in [0.15, 0.2) is 0 Å². The van der Waals surface area contributed by atoms with Crippen molar-refractivity contribution in [2.75, 3.05) is 11.8 Å². The molecule has 146 valence electrons. The van der Waals surface area contributed by atoms with Gasteiger partial charge in [0.2, 0.25) is 0 Å². The van der Waals surface area contributed by atoms with E-state index >= 15 is 0 Å². The van der Waals surface area contributed by atoms with E-state index in [1.54, 1.807) is 42.8 Å². The summed E-state index contributed by atoms with van der Waals surface area (Å²) in [7, 11) is -1.95. The number of sulfonamides is 1. The van der Waals surface area contributed by atoms with Gasteiger partial charge in [-0.2, -0.15) is 0 Å². The average molecular weight is 417 g/mol. The number of hydrogen-bond acceptors (Lipinski definition) is 5. The zero-order chi connectivity index (χ0) is 20.0. The van der Waals surface area contributed by atoms with Crippen LogP contribution in [0.3, 0.4) is 0 Å². The number of methoxy groups -OCH3 is 1. The molecule has 28 heavy (non-hydrogen) atoms. The second-order valence-electron chi connectivity index (χ2n) is 6.05. The van der Waals surface area contributed by atoms with Crippen LogP contribution in [0.4, 0.5) is 5.69 Å². The second kappa shape index (κ2) is 9.01. The molecule has 0 fully saturated rings. The fourth-order valence-corrected chi connectivity index (χ4v) is 4.57. The van der Waals surface area contributed by atoms with Gasteiger partial charge in [0.05, 0.1) is 6.61 Å². The lowest BCUT2D eigenvalue weighted by Gasteiger charge is -2.09. The number of carbonyl (C=O) groups excluding carboxylic acids is 1. The Hall–Kier alpha value is -2.68. The molecule has 0 aliphatic heterocycles. The summed E-state index contributed by atoms with van der Waals surface area (Å²) in [5.74, 6) is -0.228. The molecule has 0 radical (unpaired) electrons. The first-order chi connectivity index (χ1) is 13.5. The second-order valence-corrected chi connectivity index (χ2v) is 8.90. The maximum Gasteiger partial charge on any atom is 0.271 e. The van der Waals surface area contributed by atoms with E-state index in [4.69, 9.17) is 4.74 Å². The third-order valence-corrected chi connectivity index (χ3v) is 6.73. The summed E-state index contributed by atoms with van der Waals surface area (Å²) in [5.41, 5.74) is 2.90. The van der Waals surface area contributed by atoms with E-state index in [1.807, 2.05) is 24.3 Å². The molecular weight excluding hydrogens is 396 g/mol. The Morgan fingerprint density at radius 1 is 1.00 bits per heavy atom. The molecule has 0 aliphatic carbocycles. The lowest BCUT2D eigenvalue weighted by molar-refractivity contribution is 0.0951. The number of hydrogen-bond donors (Lipinski definition) is 2. The summed E-state index contributed by atoms with van der Waals surface area (Å²) in [6.07, 6.45) is 0. The topological polar surface area (TPSA) is 84.5 Å². The highest BCUT2D eigenvalue weighted by Gasteiger charge is 2.15. The molecule has 0 spiro atoms. The van der Waals surface area contributed by atoms with Crippen LogP contribution >= 0.6 is 11.3 Å². The number of carbonyl (C=O) groups is 1. The van der Waals surface area contributed by atoms with E-state index in [-0.39, 0.29) is 10.1 Å². The number of rotatable bonds is 8. The van der Waals surface area contributed by atoms with Gasteiger partial charge in [-0.05, 0) is 46.8 Å². The summed E-state index contributed by atoms with van der Waals surface area (Å²) < 4.78 is 32.3. The maximum atomic E-state index is 12.3. The zero-order valence-electron chi connectivity index (χ0n) is 15.2. The molecule has 8 heteroatoms. The quantitative estimate of drug-likeness (QED) is 0.587. The van der Waals surface area contributed by atoms with Crippen molar-refractivity contribution in [3.05, 3.63) is 82.7 Å². The molecule has 0 aliphatic rings. The molecule has 2 aromatic carbocycles. The summed E-state index contributed by atoms with van der Waals surface area (Å²) in [4.78, 5) is 12.3. The predicted octanol–water partition coefficient (Wildman–Crippen LogP) is 3.63. The Morgan fingerprint density at radius 2 is 1.68 bits per heavy atom. The number of amides is 1. The van der Waals surface area contributed by atoms with Gasteiger partial charge in [-0.3, -0.25) is 9.52 Å². The summed E-state index contributed by atoms with van der Waals surface area (Å²) >= 11 is 1.14. The van der Waals surface area contributed by atoms with Gasteiger partial charge >= 0.3 is 0 Å². The van der Waals surface area contributed by atoms with E-state index in [0.717, 1.165) is 22.5 Å². The number of ether oxygens (including phenoxy) is 1. The van der Waals surface area contributed by atoms with Crippen LogP contribution in [-0.4, -0.2) is 21.4 Å². The summed E-state index contributed by atoms with van der Waals surface area (Å²) in [6, 6.07) is 17.3. The van der Waals surface area contributed by atoms with Crippen molar-refractivity contribution >= 4 is 33.0 Å². The van der Waals surface area contributed by atoms with Gasteiger partial charge < -0.3 is 10.1 Å². The van der Waals surface area contributed by atoms with Crippen molar-refractivity contribution in [1.82, 2.24) is 5.32 Å². The lowest BCUT2D eigenvalue weighted by Crippen LogP contribution is -2.22. The molecule has 0 saturated heterocycles. The highest BCUT2D eigenvalue weighted by Crippen LogP contribution is 2.20. The number of thiophene rings is 1. The molecular formula is C20H20N2O4S2.